The second-order valence-electron chi connectivity index (χ2n) is 8.21. The number of benzene rings is 2. The van der Waals surface area contributed by atoms with Crippen molar-refractivity contribution in [1.82, 2.24) is 14.7 Å². The van der Waals surface area contributed by atoms with Gasteiger partial charge in [0.05, 0.1) is 18.8 Å². The molecule has 2 aliphatic rings. The van der Waals surface area contributed by atoms with Crippen LogP contribution in [0.4, 0.5) is 0 Å². The van der Waals surface area contributed by atoms with Crippen LogP contribution in [0.1, 0.15) is 34.8 Å². The van der Waals surface area contributed by atoms with E-state index in [2.05, 4.69) is 36.1 Å². The van der Waals surface area contributed by atoms with Crippen LogP contribution in [0.2, 0.25) is 0 Å². The maximum Gasteiger partial charge on any atom is 0.254 e. The predicted molar refractivity (Wildman–Crippen MR) is 117 cm³/mol. The molecule has 0 unspecified atom stereocenters. The number of aromatic nitrogens is 2. The maximum absolute atomic E-state index is 12.8. The van der Waals surface area contributed by atoms with Crippen LogP contribution in [0.5, 0.6) is 0 Å². The molecule has 1 saturated heterocycles. The highest BCUT2D eigenvalue weighted by Gasteiger charge is 2.29. The number of fused-ring (bicyclic) bond motifs is 3. The van der Waals surface area contributed by atoms with Gasteiger partial charge in [-0.25, -0.2) is 0 Å². The van der Waals surface area contributed by atoms with Crippen LogP contribution in [0, 0.1) is 0 Å². The molecule has 5 rings (SSSR count). The van der Waals surface area contributed by atoms with Gasteiger partial charge in [-0.15, -0.1) is 0 Å². The van der Waals surface area contributed by atoms with Gasteiger partial charge in [0, 0.05) is 42.7 Å². The molecule has 3 aromatic rings. The van der Waals surface area contributed by atoms with Gasteiger partial charge in [0.2, 0.25) is 5.91 Å². The second-order valence-corrected chi connectivity index (χ2v) is 8.21. The lowest BCUT2D eigenvalue weighted by Crippen LogP contribution is -2.30. The molecule has 2 aliphatic heterocycles. The molecule has 0 saturated carbocycles. The molecule has 0 bridgehead atoms. The van der Waals surface area contributed by atoms with Crippen LogP contribution in [0.3, 0.4) is 0 Å². The van der Waals surface area contributed by atoms with Crippen LogP contribution in [-0.2, 0) is 16.1 Å². The molecule has 0 atom stereocenters. The van der Waals surface area contributed by atoms with Crippen molar-refractivity contribution in [3.63, 3.8) is 0 Å². The lowest BCUT2D eigenvalue weighted by molar-refractivity contribution is -0.114. The van der Waals surface area contributed by atoms with Gasteiger partial charge in [0.1, 0.15) is 0 Å². The minimum absolute atomic E-state index is 0.1000. The molecule has 1 aromatic heterocycles. The number of hydrogen-bond donors (Lipinski definition) is 1. The van der Waals surface area contributed by atoms with E-state index in [1.165, 1.54) is 0 Å². The summed E-state index contributed by atoms with van der Waals surface area (Å²) in [6, 6.07) is 10.5. The Hall–Kier alpha value is -3.45. The van der Waals surface area contributed by atoms with E-state index in [-0.39, 0.29) is 18.0 Å². The summed E-state index contributed by atoms with van der Waals surface area (Å²) in [5.74, 6) is -0.686. The number of primary amides is 1. The van der Waals surface area contributed by atoms with Crippen molar-refractivity contribution in [2.45, 2.75) is 25.4 Å². The van der Waals surface area contributed by atoms with Crippen molar-refractivity contribution in [2.75, 3.05) is 19.8 Å². The zero-order valence-corrected chi connectivity index (χ0v) is 17.2. The normalized spacial score (nSPS) is 16.6. The van der Waals surface area contributed by atoms with Gasteiger partial charge in [0.15, 0.2) is 0 Å². The van der Waals surface area contributed by atoms with E-state index in [1.54, 1.807) is 4.90 Å². The van der Waals surface area contributed by atoms with Crippen LogP contribution in [0.15, 0.2) is 54.9 Å². The molecule has 0 radical (unpaired) electrons. The fraction of sp³-hybridized carbons (Fsp3) is 0.292. The highest BCUT2D eigenvalue weighted by atomic mass is 16.5. The molecule has 7 heteroatoms. The van der Waals surface area contributed by atoms with Gasteiger partial charge in [-0.2, -0.15) is 5.10 Å². The first-order valence-electron chi connectivity index (χ1n) is 10.5. The van der Waals surface area contributed by atoms with Crippen LogP contribution in [0.25, 0.3) is 21.9 Å². The van der Waals surface area contributed by atoms with E-state index in [4.69, 9.17) is 10.5 Å². The Kier molecular flexibility index (Phi) is 4.82. The van der Waals surface area contributed by atoms with E-state index in [1.807, 2.05) is 23.0 Å². The summed E-state index contributed by atoms with van der Waals surface area (Å²) < 4.78 is 7.49. The Bertz CT molecular complexity index is 1210. The summed E-state index contributed by atoms with van der Waals surface area (Å²) >= 11 is 0. The summed E-state index contributed by atoms with van der Waals surface area (Å²) in [6.07, 6.45) is 5.94. The van der Waals surface area contributed by atoms with Crippen molar-refractivity contribution >= 4 is 22.6 Å². The first-order chi connectivity index (χ1) is 15.0. The summed E-state index contributed by atoms with van der Waals surface area (Å²) in [5, 5.41) is 6.70. The topological polar surface area (TPSA) is 90.4 Å². The molecule has 7 nitrogen and oxygen atoms in total. The Balaban J connectivity index is 1.47. The molecular formula is C24H24N4O3. The van der Waals surface area contributed by atoms with E-state index in [0.29, 0.717) is 18.2 Å². The van der Waals surface area contributed by atoms with E-state index >= 15 is 0 Å². The third-order valence-electron chi connectivity index (χ3n) is 6.23. The lowest BCUT2D eigenvalue weighted by atomic mass is 9.97. The highest BCUT2D eigenvalue weighted by Crippen LogP contribution is 2.34. The first-order valence-corrected chi connectivity index (χ1v) is 10.5. The lowest BCUT2D eigenvalue weighted by Gasteiger charge is -2.22. The fourth-order valence-corrected chi connectivity index (χ4v) is 4.44. The monoisotopic (exact) mass is 416 g/mol. The van der Waals surface area contributed by atoms with Crippen molar-refractivity contribution < 1.29 is 14.3 Å². The molecule has 1 fully saturated rings. The van der Waals surface area contributed by atoms with Crippen molar-refractivity contribution in [1.29, 1.82) is 0 Å². The second kappa shape index (κ2) is 7.67. The molecule has 2 aromatic carbocycles. The molecule has 0 spiro atoms. The van der Waals surface area contributed by atoms with Crippen LogP contribution >= 0.6 is 0 Å². The number of nitrogens with zero attached hydrogens (tertiary/aromatic N) is 3. The number of hydrogen-bond acceptors (Lipinski definition) is 4. The van der Waals surface area contributed by atoms with Crippen molar-refractivity contribution in [3.05, 3.63) is 66.0 Å². The average molecular weight is 416 g/mol. The van der Waals surface area contributed by atoms with Crippen LogP contribution in [-0.4, -0.2) is 46.3 Å². The van der Waals surface area contributed by atoms with Crippen molar-refractivity contribution in [3.8, 4) is 11.1 Å². The van der Waals surface area contributed by atoms with E-state index < -0.39 is 5.91 Å². The zero-order chi connectivity index (χ0) is 21.5. The number of carbonyl (C=O) groups is 2. The molecule has 0 aliphatic carbocycles. The first kappa shape index (κ1) is 19.5. The van der Waals surface area contributed by atoms with Gasteiger partial charge in [0.25, 0.3) is 5.91 Å². The molecule has 2 N–H and O–H groups in total. The number of ether oxygens (including phenoxy) is 1. The molecule has 2 amide bonds. The predicted octanol–water partition coefficient (Wildman–Crippen LogP) is 3.05. The molecule has 3 heterocycles. The summed E-state index contributed by atoms with van der Waals surface area (Å²) in [7, 11) is 0. The number of rotatable bonds is 5. The number of nitrogens with two attached hydrogens (primary N) is 1. The zero-order valence-electron chi connectivity index (χ0n) is 17.2. The number of amides is 2. The minimum atomic E-state index is -0.586. The van der Waals surface area contributed by atoms with E-state index in [0.717, 1.165) is 53.5 Å². The molecule has 158 valence electrons. The maximum atomic E-state index is 12.8. The van der Waals surface area contributed by atoms with Gasteiger partial charge >= 0.3 is 0 Å². The van der Waals surface area contributed by atoms with Gasteiger partial charge in [-0.05, 0) is 46.9 Å². The summed E-state index contributed by atoms with van der Waals surface area (Å²) in [6.45, 7) is 5.81. The Morgan fingerprint density at radius 2 is 1.97 bits per heavy atom. The summed E-state index contributed by atoms with van der Waals surface area (Å²) in [5.41, 5.74) is 9.28. The van der Waals surface area contributed by atoms with Crippen LogP contribution < -0.4 is 5.73 Å². The largest absolute Gasteiger partial charge is 0.381 e. The Morgan fingerprint density at radius 3 is 2.74 bits per heavy atom. The third-order valence-corrected chi connectivity index (χ3v) is 6.23. The SMILES string of the molecule is C=C(CN1Cc2c(ccc3ccc(-c4cnn(C5CCOCC5)c4)cc23)C1=O)C(N)=O. The Morgan fingerprint density at radius 1 is 1.19 bits per heavy atom. The third kappa shape index (κ3) is 3.51. The van der Waals surface area contributed by atoms with Gasteiger partial charge < -0.3 is 15.4 Å². The highest BCUT2D eigenvalue weighted by molar-refractivity contribution is 6.05. The van der Waals surface area contributed by atoms with E-state index in [9.17, 15) is 9.59 Å². The molecular weight excluding hydrogens is 392 g/mol. The minimum Gasteiger partial charge on any atom is -0.381 e. The average Bonchev–Trinajstić information content (AvgIpc) is 3.40. The van der Waals surface area contributed by atoms with Gasteiger partial charge in [-0.3, -0.25) is 14.3 Å². The smallest absolute Gasteiger partial charge is 0.254 e. The fourth-order valence-electron chi connectivity index (χ4n) is 4.44. The molecule has 31 heavy (non-hydrogen) atoms. The summed E-state index contributed by atoms with van der Waals surface area (Å²) in [4.78, 5) is 25.8. The van der Waals surface area contributed by atoms with Crippen molar-refractivity contribution in [2.24, 2.45) is 5.73 Å². The van der Waals surface area contributed by atoms with Gasteiger partial charge in [-0.1, -0.05) is 24.8 Å². The standard InChI is InChI=1S/C24H24N4O3/c1-15(23(25)29)12-27-14-22-20(24(27)30)5-4-16-2-3-17(10-21(16)22)18-11-26-28(13-18)19-6-8-31-9-7-19/h2-5,10-11,13,19H,1,6-9,12,14H2,(H2,25,29). The Labute approximate surface area is 180 Å². The number of carbonyl (C=O) groups excluding carboxylic acids is 2. The quantitative estimate of drug-likeness (QED) is 0.647.